The van der Waals surface area contributed by atoms with E-state index >= 15 is 0 Å². The first-order valence-electron chi connectivity index (χ1n) is 5.62. The quantitative estimate of drug-likeness (QED) is 0.798. The topological polar surface area (TPSA) is 38.5 Å². The summed E-state index contributed by atoms with van der Waals surface area (Å²) in [6, 6.07) is 6.68. The van der Waals surface area contributed by atoms with Gasteiger partial charge in [-0.15, -0.1) is 0 Å². The van der Waals surface area contributed by atoms with Gasteiger partial charge in [0.2, 0.25) is 0 Å². The second-order valence-corrected chi connectivity index (χ2v) is 3.68. The number of likely N-dealkylation sites (N-methyl/N-ethyl adjacent to an activating group) is 1. The summed E-state index contributed by atoms with van der Waals surface area (Å²) in [5.41, 5.74) is 6.55. The summed E-state index contributed by atoms with van der Waals surface area (Å²) >= 11 is 0. The Morgan fingerprint density at radius 1 is 1.29 bits per heavy atom. The molecule has 0 bridgehead atoms. The average Bonchev–Trinajstić information content (AvgIpc) is 2.30. The van der Waals surface area contributed by atoms with Gasteiger partial charge in [0, 0.05) is 19.6 Å². The maximum absolute atomic E-state index is 11.9. The van der Waals surface area contributed by atoms with E-state index in [1.165, 1.54) is 0 Å². The van der Waals surface area contributed by atoms with Crippen LogP contribution < -0.4 is 10.5 Å². The predicted octanol–water partition coefficient (Wildman–Crippen LogP) is 2.07. The van der Waals surface area contributed by atoms with Crippen molar-refractivity contribution in [2.75, 3.05) is 19.6 Å². The van der Waals surface area contributed by atoms with Gasteiger partial charge in [0.15, 0.2) is 0 Å². The van der Waals surface area contributed by atoms with Crippen molar-refractivity contribution in [1.82, 2.24) is 4.90 Å². The van der Waals surface area contributed by atoms with E-state index in [1.54, 1.807) is 24.3 Å². The van der Waals surface area contributed by atoms with Gasteiger partial charge in [-0.25, -0.2) is 0 Å². The van der Waals surface area contributed by atoms with Crippen molar-refractivity contribution in [1.29, 1.82) is 0 Å². The SMILES string of the molecule is CCN(CCN)Cc1ccc(OC(F)F)cc1. The van der Waals surface area contributed by atoms with Gasteiger partial charge in [0.1, 0.15) is 5.75 Å². The largest absolute Gasteiger partial charge is 0.435 e. The van der Waals surface area contributed by atoms with Gasteiger partial charge in [-0.05, 0) is 24.2 Å². The zero-order chi connectivity index (χ0) is 12.7. The molecule has 1 rings (SSSR count). The molecule has 0 unspecified atom stereocenters. The molecule has 0 aliphatic rings. The smallest absolute Gasteiger partial charge is 0.387 e. The minimum absolute atomic E-state index is 0.186. The summed E-state index contributed by atoms with van der Waals surface area (Å²) in [5, 5.41) is 0. The molecule has 0 radical (unpaired) electrons. The van der Waals surface area contributed by atoms with Gasteiger partial charge >= 0.3 is 6.61 Å². The van der Waals surface area contributed by atoms with E-state index in [9.17, 15) is 8.78 Å². The molecule has 1 aromatic rings. The van der Waals surface area contributed by atoms with Crippen molar-refractivity contribution in [2.45, 2.75) is 20.1 Å². The Hall–Kier alpha value is -1.20. The molecule has 0 saturated heterocycles. The van der Waals surface area contributed by atoms with Gasteiger partial charge in [-0.3, -0.25) is 4.90 Å². The Morgan fingerprint density at radius 3 is 2.41 bits per heavy atom. The summed E-state index contributed by atoms with van der Waals surface area (Å²) in [6.45, 7) is 2.40. The Morgan fingerprint density at radius 2 is 1.94 bits per heavy atom. The molecule has 0 amide bonds. The highest BCUT2D eigenvalue weighted by Crippen LogP contribution is 2.15. The maximum atomic E-state index is 11.9. The minimum Gasteiger partial charge on any atom is -0.435 e. The normalized spacial score (nSPS) is 11.2. The third-order valence-electron chi connectivity index (χ3n) is 2.45. The lowest BCUT2D eigenvalue weighted by Gasteiger charge is -2.19. The first-order chi connectivity index (χ1) is 8.15. The zero-order valence-corrected chi connectivity index (χ0v) is 9.90. The summed E-state index contributed by atoms with van der Waals surface area (Å²) in [4.78, 5) is 2.18. The fourth-order valence-corrected chi connectivity index (χ4v) is 1.57. The third-order valence-corrected chi connectivity index (χ3v) is 2.45. The number of ether oxygens (including phenoxy) is 1. The van der Waals surface area contributed by atoms with Crippen LogP contribution in [0.2, 0.25) is 0 Å². The summed E-state index contributed by atoms with van der Waals surface area (Å²) in [6.07, 6.45) is 0. The number of alkyl halides is 2. The molecule has 0 heterocycles. The van der Waals surface area contributed by atoms with Crippen LogP contribution in [0, 0.1) is 0 Å². The van der Waals surface area contributed by atoms with Crippen LogP contribution in [0.3, 0.4) is 0 Å². The minimum atomic E-state index is -2.77. The number of halogens is 2. The molecule has 96 valence electrons. The fraction of sp³-hybridized carbons (Fsp3) is 0.500. The Kier molecular flexibility index (Phi) is 5.86. The fourth-order valence-electron chi connectivity index (χ4n) is 1.57. The van der Waals surface area contributed by atoms with Crippen LogP contribution >= 0.6 is 0 Å². The maximum Gasteiger partial charge on any atom is 0.387 e. The van der Waals surface area contributed by atoms with E-state index in [4.69, 9.17) is 5.73 Å². The van der Waals surface area contributed by atoms with Gasteiger partial charge in [-0.2, -0.15) is 8.78 Å². The molecular formula is C12H18F2N2O. The van der Waals surface area contributed by atoms with Crippen molar-refractivity contribution in [3.63, 3.8) is 0 Å². The lowest BCUT2D eigenvalue weighted by molar-refractivity contribution is -0.0498. The summed E-state index contributed by atoms with van der Waals surface area (Å²) < 4.78 is 28.2. The highest BCUT2D eigenvalue weighted by Gasteiger charge is 2.05. The Balaban J connectivity index is 2.54. The second kappa shape index (κ2) is 7.19. The Bertz CT molecular complexity index is 317. The highest BCUT2D eigenvalue weighted by atomic mass is 19.3. The van der Waals surface area contributed by atoms with E-state index in [0.717, 1.165) is 25.2 Å². The standard InChI is InChI=1S/C12H18F2N2O/c1-2-16(8-7-15)9-10-3-5-11(6-4-10)17-12(13)14/h3-6,12H,2,7-9,15H2,1H3. The third kappa shape index (κ3) is 5.10. The van der Waals surface area contributed by atoms with E-state index in [0.29, 0.717) is 6.54 Å². The molecule has 0 fully saturated rings. The second-order valence-electron chi connectivity index (χ2n) is 3.68. The van der Waals surface area contributed by atoms with E-state index in [-0.39, 0.29) is 5.75 Å². The summed E-state index contributed by atoms with van der Waals surface area (Å²) in [5.74, 6) is 0.186. The first-order valence-corrected chi connectivity index (χ1v) is 5.62. The Labute approximate surface area is 100 Å². The molecule has 2 N–H and O–H groups in total. The van der Waals surface area contributed by atoms with Crippen molar-refractivity contribution in [2.24, 2.45) is 5.73 Å². The van der Waals surface area contributed by atoms with Crippen molar-refractivity contribution < 1.29 is 13.5 Å². The highest BCUT2D eigenvalue weighted by molar-refractivity contribution is 5.27. The number of hydrogen-bond donors (Lipinski definition) is 1. The molecule has 5 heteroatoms. The molecular weight excluding hydrogens is 226 g/mol. The van der Waals surface area contributed by atoms with Crippen LogP contribution in [-0.4, -0.2) is 31.1 Å². The van der Waals surface area contributed by atoms with Gasteiger partial charge in [0.25, 0.3) is 0 Å². The first kappa shape index (κ1) is 13.9. The lowest BCUT2D eigenvalue weighted by Crippen LogP contribution is -2.28. The van der Waals surface area contributed by atoms with Crippen molar-refractivity contribution >= 4 is 0 Å². The number of hydrogen-bond acceptors (Lipinski definition) is 3. The average molecular weight is 244 g/mol. The van der Waals surface area contributed by atoms with E-state index in [1.807, 2.05) is 0 Å². The molecule has 3 nitrogen and oxygen atoms in total. The molecule has 0 aliphatic carbocycles. The van der Waals surface area contributed by atoms with Gasteiger partial charge in [0.05, 0.1) is 0 Å². The molecule has 0 saturated carbocycles. The number of nitrogens with two attached hydrogens (primary N) is 1. The van der Waals surface area contributed by atoms with Gasteiger partial charge in [-0.1, -0.05) is 19.1 Å². The molecule has 17 heavy (non-hydrogen) atoms. The lowest BCUT2D eigenvalue weighted by atomic mass is 10.2. The molecule has 0 spiro atoms. The predicted molar refractivity (Wildman–Crippen MR) is 63.1 cm³/mol. The number of benzene rings is 1. The van der Waals surface area contributed by atoms with Crippen LogP contribution in [0.15, 0.2) is 24.3 Å². The van der Waals surface area contributed by atoms with Crippen LogP contribution in [0.4, 0.5) is 8.78 Å². The zero-order valence-electron chi connectivity index (χ0n) is 9.90. The summed E-state index contributed by atoms with van der Waals surface area (Å²) in [7, 11) is 0. The monoisotopic (exact) mass is 244 g/mol. The van der Waals surface area contributed by atoms with Gasteiger partial charge < -0.3 is 10.5 Å². The number of nitrogens with zero attached hydrogens (tertiary/aromatic N) is 1. The molecule has 0 aromatic heterocycles. The van der Waals surface area contributed by atoms with E-state index < -0.39 is 6.61 Å². The van der Waals surface area contributed by atoms with Crippen LogP contribution in [-0.2, 0) is 6.54 Å². The molecule has 0 aliphatic heterocycles. The van der Waals surface area contributed by atoms with Crippen molar-refractivity contribution in [3.8, 4) is 5.75 Å². The van der Waals surface area contributed by atoms with Crippen LogP contribution in [0.5, 0.6) is 5.75 Å². The molecule has 1 aromatic carbocycles. The van der Waals surface area contributed by atoms with Crippen molar-refractivity contribution in [3.05, 3.63) is 29.8 Å². The van der Waals surface area contributed by atoms with E-state index in [2.05, 4.69) is 16.6 Å². The van der Waals surface area contributed by atoms with Crippen LogP contribution in [0.25, 0.3) is 0 Å². The molecule has 0 atom stereocenters. The number of rotatable bonds is 7. The van der Waals surface area contributed by atoms with Crippen LogP contribution in [0.1, 0.15) is 12.5 Å².